The van der Waals surface area contributed by atoms with Crippen LogP contribution in [0.1, 0.15) is 18.1 Å². The quantitative estimate of drug-likeness (QED) is 0.361. The molecule has 2 aromatic carbocycles. The second-order valence-electron chi connectivity index (χ2n) is 5.10. The number of halogens is 2. The first-order valence-corrected chi connectivity index (χ1v) is 9.17. The van der Waals surface area contributed by atoms with Crippen molar-refractivity contribution in [3.8, 4) is 5.75 Å². The van der Waals surface area contributed by atoms with Gasteiger partial charge in [0.25, 0.3) is 5.69 Å². The van der Waals surface area contributed by atoms with Crippen LogP contribution >= 0.6 is 31.9 Å². The van der Waals surface area contributed by atoms with Crippen LogP contribution < -0.4 is 10.2 Å². The molecule has 7 nitrogen and oxygen atoms in total. The standard InChI is InChI=1S/C17H15Br2N3O4/c1-2-26-17-13(18)7-11(8-14(17)19)10-20-21-16(23)9-12-5-3-4-6-15(12)22(24)25/h3-8,10H,2,9H2,1H3,(H,21,23). The van der Waals surface area contributed by atoms with Crippen LogP contribution in [0, 0.1) is 10.1 Å². The summed E-state index contributed by atoms with van der Waals surface area (Å²) in [6.07, 6.45) is 1.34. The minimum absolute atomic E-state index is 0.0917. The Morgan fingerprint density at radius 1 is 1.31 bits per heavy atom. The Morgan fingerprint density at radius 2 is 1.96 bits per heavy atom. The second kappa shape index (κ2) is 9.44. The van der Waals surface area contributed by atoms with Gasteiger partial charge in [-0.2, -0.15) is 5.10 Å². The minimum atomic E-state index is -0.513. The average molecular weight is 485 g/mol. The molecule has 0 heterocycles. The number of nitro benzene ring substituents is 1. The Bertz CT molecular complexity index is 833. The number of hydrogen-bond donors (Lipinski definition) is 1. The molecule has 0 aliphatic heterocycles. The van der Waals surface area contributed by atoms with Gasteiger partial charge in [0.1, 0.15) is 5.75 Å². The molecule has 0 aromatic heterocycles. The number of carbonyl (C=O) groups excluding carboxylic acids is 1. The van der Waals surface area contributed by atoms with E-state index < -0.39 is 10.8 Å². The average Bonchev–Trinajstić information content (AvgIpc) is 2.58. The lowest BCUT2D eigenvalue weighted by Gasteiger charge is -2.09. The number of amides is 1. The Hall–Kier alpha value is -2.26. The number of nitrogens with zero attached hydrogens (tertiary/aromatic N) is 2. The summed E-state index contributed by atoms with van der Waals surface area (Å²) in [5.74, 6) is 0.240. The van der Waals surface area contributed by atoms with Crippen LogP contribution in [0.25, 0.3) is 0 Å². The van der Waals surface area contributed by atoms with E-state index in [2.05, 4.69) is 42.4 Å². The van der Waals surface area contributed by atoms with Crippen molar-refractivity contribution >= 4 is 49.7 Å². The Morgan fingerprint density at radius 3 is 2.58 bits per heavy atom. The number of hydrogen-bond acceptors (Lipinski definition) is 5. The number of nitrogens with one attached hydrogen (secondary N) is 1. The molecule has 0 atom stereocenters. The molecule has 1 N–H and O–H groups in total. The van der Waals surface area contributed by atoms with Gasteiger partial charge in [0.2, 0.25) is 5.91 Å². The fourth-order valence-electron chi connectivity index (χ4n) is 2.17. The molecule has 0 aliphatic carbocycles. The van der Waals surface area contributed by atoms with E-state index in [0.29, 0.717) is 17.9 Å². The predicted octanol–water partition coefficient (Wildman–Crippen LogP) is 4.21. The zero-order valence-corrected chi connectivity index (χ0v) is 16.9. The van der Waals surface area contributed by atoms with E-state index in [1.807, 2.05) is 6.92 Å². The summed E-state index contributed by atoms with van der Waals surface area (Å²) < 4.78 is 7.00. The van der Waals surface area contributed by atoms with Crippen molar-refractivity contribution in [2.45, 2.75) is 13.3 Å². The lowest BCUT2D eigenvalue weighted by Crippen LogP contribution is -2.20. The molecule has 9 heteroatoms. The van der Waals surface area contributed by atoms with E-state index >= 15 is 0 Å². The summed E-state index contributed by atoms with van der Waals surface area (Å²) >= 11 is 6.84. The van der Waals surface area contributed by atoms with Gasteiger partial charge in [-0.1, -0.05) is 18.2 Å². The molecule has 136 valence electrons. The zero-order valence-electron chi connectivity index (χ0n) is 13.7. The third kappa shape index (κ3) is 5.37. The number of para-hydroxylation sites is 1. The van der Waals surface area contributed by atoms with Crippen LogP contribution in [-0.4, -0.2) is 23.7 Å². The molecule has 0 saturated carbocycles. The number of nitro groups is 1. The van der Waals surface area contributed by atoms with Gasteiger partial charge in [-0.15, -0.1) is 0 Å². The molecule has 0 saturated heterocycles. The van der Waals surface area contributed by atoms with Crippen LogP contribution in [-0.2, 0) is 11.2 Å². The first-order chi connectivity index (χ1) is 12.4. The highest BCUT2D eigenvalue weighted by Crippen LogP contribution is 2.34. The molecule has 0 aliphatic rings. The monoisotopic (exact) mass is 483 g/mol. The van der Waals surface area contributed by atoms with E-state index in [1.165, 1.54) is 12.3 Å². The molecule has 2 rings (SSSR count). The fraction of sp³-hybridized carbons (Fsp3) is 0.176. The van der Waals surface area contributed by atoms with Gasteiger partial charge in [-0.05, 0) is 56.5 Å². The van der Waals surface area contributed by atoms with Crippen LogP contribution in [0.15, 0.2) is 50.4 Å². The summed E-state index contributed by atoms with van der Waals surface area (Å²) in [4.78, 5) is 22.4. The summed E-state index contributed by atoms with van der Waals surface area (Å²) in [5, 5.41) is 14.9. The SMILES string of the molecule is CCOc1c(Br)cc(C=NNC(=O)Cc2ccccc2[N+](=O)[O-])cc1Br. The predicted molar refractivity (Wildman–Crippen MR) is 106 cm³/mol. The van der Waals surface area contributed by atoms with Crippen molar-refractivity contribution < 1.29 is 14.5 Å². The lowest BCUT2D eigenvalue weighted by atomic mass is 10.1. The normalized spacial score (nSPS) is 10.7. The van der Waals surface area contributed by atoms with Crippen molar-refractivity contribution in [1.82, 2.24) is 5.43 Å². The lowest BCUT2D eigenvalue weighted by molar-refractivity contribution is -0.385. The third-order valence-corrected chi connectivity index (χ3v) is 4.43. The highest BCUT2D eigenvalue weighted by molar-refractivity contribution is 9.11. The molecule has 0 bridgehead atoms. The molecule has 0 spiro atoms. The van der Waals surface area contributed by atoms with E-state index in [0.717, 1.165) is 14.5 Å². The van der Waals surface area contributed by atoms with Crippen molar-refractivity contribution in [2.24, 2.45) is 5.10 Å². The van der Waals surface area contributed by atoms with Gasteiger partial charge < -0.3 is 4.74 Å². The topological polar surface area (TPSA) is 93.8 Å². The van der Waals surface area contributed by atoms with Crippen molar-refractivity contribution in [1.29, 1.82) is 0 Å². The number of carbonyl (C=O) groups is 1. The van der Waals surface area contributed by atoms with Crippen molar-refractivity contribution in [3.05, 3.63) is 66.6 Å². The van der Waals surface area contributed by atoms with E-state index in [4.69, 9.17) is 4.74 Å². The van der Waals surface area contributed by atoms with Gasteiger partial charge in [0.05, 0.1) is 33.1 Å². The van der Waals surface area contributed by atoms with Crippen LogP contribution in [0.4, 0.5) is 5.69 Å². The molecular weight excluding hydrogens is 470 g/mol. The summed E-state index contributed by atoms with van der Waals surface area (Å²) in [6, 6.07) is 9.71. The summed E-state index contributed by atoms with van der Waals surface area (Å²) in [5.41, 5.74) is 3.34. The van der Waals surface area contributed by atoms with Gasteiger partial charge in [0, 0.05) is 11.6 Å². The van der Waals surface area contributed by atoms with Gasteiger partial charge in [0.15, 0.2) is 0 Å². The maximum Gasteiger partial charge on any atom is 0.273 e. The molecule has 26 heavy (non-hydrogen) atoms. The van der Waals surface area contributed by atoms with E-state index in [9.17, 15) is 14.9 Å². The first-order valence-electron chi connectivity index (χ1n) is 7.58. The first kappa shape index (κ1) is 20.1. The Kier molecular flexibility index (Phi) is 7.28. The minimum Gasteiger partial charge on any atom is -0.492 e. The molecule has 2 aromatic rings. The van der Waals surface area contributed by atoms with E-state index in [1.54, 1.807) is 30.3 Å². The smallest absolute Gasteiger partial charge is 0.273 e. The highest BCUT2D eigenvalue weighted by atomic mass is 79.9. The molecular formula is C17H15Br2N3O4. The molecule has 0 unspecified atom stereocenters. The van der Waals surface area contributed by atoms with Gasteiger partial charge in [-0.25, -0.2) is 5.43 Å². The van der Waals surface area contributed by atoms with Crippen LogP contribution in [0.2, 0.25) is 0 Å². The fourth-order valence-corrected chi connectivity index (χ4v) is 3.62. The molecule has 0 radical (unpaired) electrons. The summed E-state index contributed by atoms with van der Waals surface area (Å²) in [7, 11) is 0. The Balaban J connectivity index is 2.03. The van der Waals surface area contributed by atoms with Crippen LogP contribution in [0.3, 0.4) is 0 Å². The summed E-state index contributed by atoms with van der Waals surface area (Å²) in [6.45, 7) is 2.42. The Labute approximate surface area is 166 Å². The molecule has 1 amide bonds. The van der Waals surface area contributed by atoms with Gasteiger partial charge in [-0.3, -0.25) is 14.9 Å². The highest BCUT2D eigenvalue weighted by Gasteiger charge is 2.15. The second-order valence-corrected chi connectivity index (χ2v) is 6.81. The third-order valence-electron chi connectivity index (χ3n) is 3.25. The number of rotatable bonds is 7. The molecule has 0 fully saturated rings. The maximum atomic E-state index is 12.0. The van der Waals surface area contributed by atoms with Crippen molar-refractivity contribution in [2.75, 3.05) is 6.61 Å². The van der Waals surface area contributed by atoms with Gasteiger partial charge >= 0.3 is 0 Å². The van der Waals surface area contributed by atoms with Crippen LogP contribution in [0.5, 0.6) is 5.75 Å². The zero-order chi connectivity index (χ0) is 19.1. The number of benzene rings is 2. The van der Waals surface area contributed by atoms with E-state index in [-0.39, 0.29) is 12.1 Å². The largest absolute Gasteiger partial charge is 0.492 e. The number of ether oxygens (including phenoxy) is 1. The number of hydrazone groups is 1. The van der Waals surface area contributed by atoms with Crippen molar-refractivity contribution in [3.63, 3.8) is 0 Å². The maximum absolute atomic E-state index is 12.0.